The Morgan fingerprint density at radius 3 is 2.25 bits per heavy atom. The molecular weight excluding hydrogens is 254 g/mol. The fraction of sp³-hybridized carbons (Fsp3) is 0.867. The number of piperidine rings is 1. The molecule has 2 aliphatic heterocycles. The van der Waals surface area contributed by atoms with Crippen LogP contribution in [0.5, 0.6) is 0 Å². The second-order valence-corrected chi connectivity index (χ2v) is 7.18. The molecule has 0 aromatic heterocycles. The Hall–Kier alpha value is -1.10. The maximum Gasteiger partial charge on any atom is 0.245 e. The molecule has 0 saturated carbocycles. The molecule has 0 aromatic rings. The third kappa shape index (κ3) is 3.32. The first-order chi connectivity index (χ1) is 9.29. The zero-order valence-electron chi connectivity index (χ0n) is 13.1. The molecule has 5 nitrogen and oxygen atoms in total. The van der Waals surface area contributed by atoms with Gasteiger partial charge in [-0.3, -0.25) is 9.59 Å². The number of rotatable bonds is 1. The van der Waals surface area contributed by atoms with E-state index in [1.165, 1.54) is 0 Å². The highest BCUT2D eigenvalue weighted by molar-refractivity contribution is 5.90. The number of hydrogen-bond acceptors (Lipinski definition) is 3. The molecule has 2 heterocycles. The maximum absolute atomic E-state index is 12.8. The summed E-state index contributed by atoms with van der Waals surface area (Å²) in [6.45, 7) is 8.63. The molecule has 1 unspecified atom stereocenters. The van der Waals surface area contributed by atoms with Gasteiger partial charge in [-0.2, -0.15) is 0 Å². The lowest BCUT2D eigenvalue weighted by Gasteiger charge is -2.39. The first-order valence-electron chi connectivity index (χ1n) is 7.57. The van der Waals surface area contributed by atoms with Gasteiger partial charge < -0.3 is 15.1 Å². The summed E-state index contributed by atoms with van der Waals surface area (Å²) >= 11 is 0. The van der Waals surface area contributed by atoms with Gasteiger partial charge in [0.05, 0.1) is 0 Å². The molecule has 0 aliphatic carbocycles. The van der Waals surface area contributed by atoms with Crippen molar-refractivity contribution in [2.45, 2.75) is 52.1 Å². The van der Waals surface area contributed by atoms with E-state index in [1.807, 2.05) is 25.7 Å². The zero-order valence-corrected chi connectivity index (χ0v) is 13.1. The van der Waals surface area contributed by atoms with Crippen LogP contribution in [0.2, 0.25) is 0 Å². The van der Waals surface area contributed by atoms with Crippen LogP contribution in [-0.2, 0) is 9.59 Å². The van der Waals surface area contributed by atoms with Gasteiger partial charge >= 0.3 is 0 Å². The van der Waals surface area contributed by atoms with E-state index in [1.54, 1.807) is 0 Å². The van der Waals surface area contributed by atoms with Crippen molar-refractivity contribution in [3.8, 4) is 0 Å². The quantitative estimate of drug-likeness (QED) is 0.775. The molecule has 2 amide bonds. The molecule has 1 N–H and O–H groups in total. The standard InChI is InChI=1S/C15H27N3O2/c1-15(2,3)13-14(20)18(10-7-12(19)16-13)11-5-8-17(4)9-6-11/h11,13H,5-10H2,1-4H3,(H,16,19). The molecule has 20 heavy (non-hydrogen) atoms. The van der Waals surface area contributed by atoms with E-state index in [0.717, 1.165) is 25.9 Å². The third-order valence-corrected chi connectivity index (χ3v) is 4.41. The van der Waals surface area contributed by atoms with E-state index in [4.69, 9.17) is 0 Å². The molecule has 2 rings (SSSR count). The van der Waals surface area contributed by atoms with Crippen molar-refractivity contribution in [2.24, 2.45) is 5.41 Å². The van der Waals surface area contributed by atoms with Crippen molar-refractivity contribution in [3.05, 3.63) is 0 Å². The summed E-state index contributed by atoms with van der Waals surface area (Å²) in [5.74, 6) is 0.0894. The molecule has 0 aromatic carbocycles. The molecule has 0 spiro atoms. The van der Waals surface area contributed by atoms with Crippen LogP contribution in [0, 0.1) is 5.41 Å². The van der Waals surface area contributed by atoms with Crippen LogP contribution in [0.1, 0.15) is 40.0 Å². The summed E-state index contributed by atoms with van der Waals surface area (Å²) in [6.07, 6.45) is 2.44. The summed E-state index contributed by atoms with van der Waals surface area (Å²) in [5, 5.41) is 2.91. The highest BCUT2D eigenvalue weighted by Crippen LogP contribution is 2.26. The van der Waals surface area contributed by atoms with E-state index in [9.17, 15) is 9.59 Å². The number of carbonyl (C=O) groups excluding carboxylic acids is 2. The Morgan fingerprint density at radius 1 is 1.10 bits per heavy atom. The van der Waals surface area contributed by atoms with Crippen LogP contribution in [0.4, 0.5) is 0 Å². The van der Waals surface area contributed by atoms with Crippen LogP contribution in [-0.4, -0.2) is 60.4 Å². The Balaban J connectivity index is 2.15. The summed E-state index contributed by atoms with van der Waals surface area (Å²) < 4.78 is 0. The van der Waals surface area contributed by atoms with Crippen LogP contribution in [0.15, 0.2) is 0 Å². The minimum Gasteiger partial charge on any atom is -0.344 e. The van der Waals surface area contributed by atoms with Gasteiger partial charge in [-0.25, -0.2) is 0 Å². The van der Waals surface area contributed by atoms with Crippen molar-refractivity contribution in [3.63, 3.8) is 0 Å². The molecule has 2 aliphatic rings. The van der Waals surface area contributed by atoms with Crippen LogP contribution < -0.4 is 5.32 Å². The zero-order chi connectivity index (χ0) is 14.9. The number of nitrogens with one attached hydrogen (secondary N) is 1. The van der Waals surface area contributed by atoms with Gasteiger partial charge in [0.15, 0.2) is 0 Å². The smallest absolute Gasteiger partial charge is 0.245 e. The van der Waals surface area contributed by atoms with Crippen LogP contribution in [0.25, 0.3) is 0 Å². The van der Waals surface area contributed by atoms with Crippen LogP contribution >= 0.6 is 0 Å². The maximum atomic E-state index is 12.8. The van der Waals surface area contributed by atoms with Gasteiger partial charge in [0.25, 0.3) is 0 Å². The molecule has 1 atom stereocenters. The number of nitrogens with zero attached hydrogens (tertiary/aromatic N) is 2. The Morgan fingerprint density at radius 2 is 1.70 bits per heavy atom. The number of amides is 2. The van der Waals surface area contributed by atoms with Gasteiger partial charge in [-0.05, 0) is 38.4 Å². The fourth-order valence-corrected chi connectivity index (χ4v) is 3.05. The predicted octanol–water partition coefficient (Wildman–Crippen LogP) is 0.844. The lowest BCUT2D eigenvalue weighted by atomic mass is 9.85. The highest BCUT2D eigenvalue weighted by atomic mass is 16.2. The monoisotopic (exact) mass is 281 g/mol. The van der Waals surface area contributed by atoms with Gasteiger partial charge in [-0.1, -0.05) is 20.8 Å². The van der Waals surface area contributed by atoms with E-state index >= 15 is 0 Å². The topological polar surface area (TPSA) is 52.6 Å². The molecule has 0 bridgehead atoms. The number of carbonyl (C=O) groups is 2. The molecule has 2 fully saturated rings. The van der Waals surface area contributed by atoms with Crippen molar-refractivity contribution < 1.29 is 9.59 Å². The first-order valence-corrected chi connectivity index (χ1v) is 7.57. The van der Waals surface area contributed by atoms with E-state index in [2.05, 4.69) is 17.3 Å². The fourth-order valence-electron chi connectivity index (χ4n) is 3.05. The molecule has 5 heteroatoms. The van der Waals surface area contributed by atoms with Gasteiger partial charge in [0, 0.05) is 19.0 Å². The van der Waals surface area contributed by atoms with Gasteiger partial charge in [-0.15, -0.1) is 0 Å². The predicted molar refractivity (Wildman–Crippen MR) is 78.2 cm³/mol. The van der Waals surface area contributed by atoms with Crippen molar-refractivity contribution in [1.29, 1.82) is 0 Å². The average Bonchev–Trinajstić information content (AvgIpc) is 2.50. The Bertz CT molecular complexity index is 381. The third-order valence-electron chi connectivity index (χ3n) is 4.41. The van der Waals surface area contributed by atoms with Crippen molar-refractivity contribution in [2.75, 3.05) is 26.7 Å². The van der Waals surface area contributed by atoms with Crippen LogP contribution in [0.3, 0.4) is 0 Å². The van der Waals surface area contributed by atoms with E-state index < -0.39 is 6.04 Å². The van der Waals surface area contributed by atoms with E-state index in [-0.39, 0.29) is 23.3 Å². The largest absolute Gasteiger partial charge is 0.344 e. The first kappa shape index (κ1) is 15.3. The lowest BCUT2D eigenvalue weighted by Crippen LogP contribution is -2.55. The van der Waals surface area contributed by atoms with Crippen molar-refractivity contribution >= 4 is 11.8 Å². The Labute approximate surface area is 121 Å². The minimum atomic E-state index is -0.405. The highest BCUT2D eigenvalue weighted by Gasteiger charge is 2.40. The van der Waals surface area contributed by atoms with Gasteiger partial charge in [0.2, 0.25) is 11.8 Å². The SMILES string of the molecule is CN1CCC(N2CCC(=O)NC(C(C)(C)C)C2=O)CC1. The summed E-state index contributed by atoms with van der Waals surface area (Å²) in [4.78, 5) is 28.9. The Kier molecular flexibility index (Phi) is 4.37. The van der Waals surface area contributed by atoms with E-state index in [0.29, 0.717) is 13.0 Å². The summed E-state index contributed by atoms with van der Waals surface area (Å²) in [7, 11) is 2.11. The lowest BCUT2D eigenvalue weighted by molar-refractivity contribution is -0.139. The minimum absolute atomic E-state index is 0.00583. The normalized spacial score (nSPS) is 27.4. The number of likely N-dealkylation sites (tertiary alicyclic amines) is 1. The molecule has 2 saturated heterocycles. The van der Waals surface area contributed by atoms with Gasteiger partial charge in [0.1, 0.15) is 6.04 Å². The summed E-state index contributed by atoms with van der Waals surface area (Å²) in [6, 6.07) is -0.117. The summed E-state index contributed by atoms with van der Waals surface area (Å²) in [5.41, 5.74) is -0.249. The van der Waals surface area contributed by atoms with Crippen molar-refractivity contribution in [1.82, 2.24) is 15.1 Å². The second kappa shape index (κ2) is 5.72. The molecule has 114 valence electrons. The average molecular weight is 281 g/mol. The second-order valence-electron chi connectivity index (χ2n) is 7.18. The molecule has 0 radical (unpaired) electrons. The molecular formula is C15H27N3O2. The number of hydrogen-bond donors (Lipinski definition) is 1.